The van der Waals surface area contributed by atoms with Crippen molar-refractivity contribution < 1.29 is 14.6 Å². The van der Waals surface area contributed by atoms with E-state index in [1.54, 1.807) is 0 Å². The molecule has 138 valence electrons. The van der Waals surface area contributed by atoms with Crippen LogP contribution in [0.15, 0.2) is 30.3 Å². The lowest BCUT2D eigenvalue weighted by molar-refractivity contribution is -0.0576. The zero-order chi connectivity index (χ0) is 17.6. The molecule has 0 aromatic heterocycles. The number of amides is 2. The number of ether oxygens (including phenoxy) is 1. The quantitative estimate of drug-likeness (QED) is 0.862. The molecule has 4 atom stereocenters. The van der Waals surface area contributed by atoms with Crippen LogP contribution in [0, 0.1) is 5.92 Å². The number of aliphatic hydroxyl groups excluding tert-OH is 1. The van der Waals surface area contributed by atoms with E-state index < -0.39 is 0 Å². The number of carbonyl (C=O) groups is 1. The van der Waals surface area contributed by atoms with Crippen molar-refractivity contribution in [1.82, 2.24) is 10.2 Å². The van der Waals surface area contributed by atoms with Crippen LogP contribution in [0.4, 0.5) is 4.79 Å². The van der Waals surface area contributed by atoms with Crippen LogP contribution in [-0.4, -0.2) is 54.5 Å². The van der Waals surface area contributed by atoms with Crippen molar-refractivity contribution in [2.45, 2.75) is 50.7 Å². The van der Waals surface area contributed by atoms with Gasteiger partial charge in [-0.25, -0.2) is 4.79 Å². The molecule has 5 heteroatoms. The van der Waals surface area contributed by atoms with Crippen molar-refractivity contribution in [3.63, 3.8) is 0 Å². The standard InChI is InChI=1S/C20H30N2O3/c1-15(16-6-3-2-4-7-16)9-11-21-20(24)22-12-5-8-18(22)17-14-25-13-10-19(17)23/h2-4,6-7,15,17-19,23H,5,8-14H2,1H3,(H,21,24)/t15-,17+,18-,19+/m1/s1. The van der Waals surface area contributed by atoms with Crippen molar-refractivity contribution in [1.29, 1.82) is 0 Å². The number of nitrogens with one attached hydrogen (secondary N) is 1. The van der Waals surface area contributed by atoms with Crippen LogP contribution in [0.1, 0.15) is 44.1 Å². The number of carbonyl (C=O) groups excluding carboxylic acids is 1. The van der Waals surface area contributed by atoms with Gasteiger partial charge in [-0.05, 0) is 37.2 Å². The summed E-state index contributed by atoms with van der Waals surface area (Å²) < 4.78 is 5.54. The van der Waals surface area contributed by atoms with E-state index in [0.29, 0.717) is 32.1 Å². The third-order valence-electron chi connectivity index (χ3n) is 5.64. The van der Waals surface area contributed by atoms with Gasteiger partial charge in [-0.1, -0.05) is 37.3 Å². The smallest absolute Gasteiger partial charge is 0.317 e. The highest BCUT2D eigenvalue weighted by atomic mass is 16.5. The van der Waals surface area contributed by atoms with E-state index in [2.05, 4.69) is 36.5 Å². The van der Waals surface area contributed by atoms with Gasteiger partial charge in [-0.2, -0.15) is 0 Å². The number of likely N-dealkylation sites (tertiary alicyclic amines) is 1. The third-order valence-corrected chi connectivity index (χ3v) is 5.64. The van der Waals surface area contributed by atoms with Crippen LogP contribution in [0.5, 0.6) is 0 Å². The maximum Gasteiger partial charge on any atom is 0.317 e. The molecular weight excluding hydrogens is 316 g/mol. The molecular formula is C20H30N2O3. The number of hydrogen-bond donors (Lipinski definition) is 2. The van der Waals surface area contributed by atoms with Crippen LogP contribution in [0.25, 0.3) is 0 Å². The number of benzene rings is 1. The molecule has 5 nitrogen and oxygen atoms in total. The normalized spacial score (nSPS) is 27.9. The van der Waals surface area contributed by atoms with E-state index in [4.69, 9.17) is 4.74 Å². The van der Waals surface area contributed by atoms with Crippen LogP contribution < -0.4 is 5.32 Å². The highest BCUT2D eigenvalue weighted by Crippen LogP contribution is 2.29. The van der Waals surface area contributed by atoms with E-state index in [0.717, 1.165) is 25.8 Å². The molecule has 3 rings (SSSR count). The first-order valence-electron chi connectivity index (χ1n) is 9.52. The Morgan fingerprint density at radius 1 is 1.36 bits per heavy atom. The summed E-state index contributed by atoms with van der Waals surface area (Å²) in [5.74, 6) is 0.467. The summed E-state index contributed by atoms with van der Waals surface area (Å²) in [4.78, 5) is 14.5. The molecule has 2 N–H and O–H groups in total. The molecule has 0 radical (unpaired) electrons. The largest absolute Gasteiger partial charge is 0.393 e. The van der Waals surface area contributed by atoms with Crippen molar-refractivity contribution in [2.24, 2.45) is 5.92 Å². The van der Waals surface area contributed by atoms with Gasteiger partial charge in [0.05, 0.1) is 12.7 Å². The van der Waals surface area contributed by atoms with Gasteiger partial charge < -0.3 is 20.1 Å². The average molecular weight is 346 g/mol. The molecule has 1 aromatic carbocycles. The molecule has 2 aliphatic rings. The number of nitrogens with zero attached hydrogens (tertiary/aromatic N) is 1. The van der Waals surface area contributed by atoms with Crippen LogP contribution >= 0.6 is 0 Å². The lowest BCUT2D eigenvalue weighted by atomic mass is 9.89. The van der Waals surface area contributed by atoms with Gasteiger partial charge in [-0.3, -0.25) is 0 Å². The lowest BCUT2D eigenvalue weighted by Gasteiger charge is -2.37. The summed E-state index contributed by atoms with van der Waals surface area (Å²) >= 11 is 0. The summed E-state index contributed by atoms with van der Waals surface area (Å²) in [7, 11) is 0. The topological polar surface area (TPSA) is 61.8 Å². The molecule has 2 heterocycles. The zero-order valence-electron chi connectivity index (χ0n) is 15.1. The lowest BCUT2D eigenvalue weighted by Crippen LogP contribution is -2.51. The highest BCUT2D eigenvalue weighted by molar-refractivity contribution is 5.74. The van der Waals surface area contributed by atoms with Gasteiger partial charge in [0.2, 0.25) is 0 Å². The Balaban J connectivity index is 1.48. The average Bonchev–Trinajstić information content (AvgIpc) is 3.12. The van der Waals surface area contributed by atoms with Gasteiger partial charge in [0.15, 0.2) is 0 Å². The zero-order valence-corrected chi connectivity index (χ0v) is 15.1. The molecule has 25 heavy (non-hydrogen) atoms. The fourth-order valence-corrected chi connectivity index (χ4v) is 4.05. The summed E-state index contributed by atoms with van der Waals surface area (Å²) in [6.45, 7) is 4.81. The second-order valence-electron chi connectivity index (χ2n) is 7.33. The first-order valence-corrected chi connectivity index (χ1v) is 9.52. The van der Waals surface area contributed by atoms with Gasteiger partial charge in [-0.15, -0.1) is 0 Å². The minimum atomic E-state index is -0.356. The number of aliphatic hydroxyl groups is 1. The molecule has 0 aliphatic carbocycles. The third kappa shape index (κ3) is 4.53. The van der Waals surface area contributed by atoms with E-state index in [9.17, 15) is 9.90 Å². The molecule has 0 bridgehead atoms. The molecule has 2 fully saturated rings. The minimum absolute atomic E-state index is 0.000496. The summed E-state index contributed by atoms with van der Waals surface area (Å²) in [5, 5.41) is 13.3. The monoisotopic (exact) mass is 346 g/mol. The number of rotatable bonds is 5. The molecule has 2 aliphatic heterocycles. The summed E-state index contributed by atoms with van der Waals surface area (Å²) in [6.07, 6.45) is 3.19. The maximum absolute atomic E-state index is 12.6. The van der Waals surface area contributed by atoms with E-state index >= 15 is 0 Å². The first-order chi connectivity index (χ1) is 12.2. The van der Waals surface area contributed by atoms with Crippen molar-refractivity contribution in [3.05, 3.63) is 35.9 Å². The van der Waals surface area contributed by atoms with Gasteiger partial charge in [0, 0.05) is 31.7 Å². The van der Waals surface area contributed by atoms with E-state index in [1.165, 1.54) is 5.56 Å². The number of urea groups is 1. The Morgan fingerprint density at radius 3 is 2.92 bits per heavy atom. The Hall–Kier alpha value is -1.59. The molecule has 0 spiro atoms. The Morgan fingerprint density at radius 2 is 2.16 bits per heavy atom. The van der Waals surface area contributed by atoms with Crippen LogP contribution in [0.2, 0.25) is 0 Å². The van der Waals surface area contributed by atoms with Gasteiger partial charge >= 0.3 is 6.03 Å². The predicted molar refractivity (Wildman–Crippen MR) is 97.5 cm³/mol. The number of hydrogen-bond acceptors (Lipinski definition) is 3. The predicted octanol–water partition coefficient (Wildman–Crippen LogP) is 2.75. The fraction of sp³-hybridized carbons (Fsp3) is 0.650. The fourth-order valence-electron chi connectivity index (χ4n) is 4.05. The molecule has 2 saturated heterocycles. The van der Waals surface area contributed by atoms with Crippen LogP contribution in [-0.2, 0) is 4.74 Å². The SMILES string of the molecule is C[C@H](CCNC(=O)N1CCC[C@@H]1[C@@H]1COCC[C@@H]1O)c1ccccc1. The summed E-state index contributed by atoms with van der Waals surface area (Å²) in [6, 6.07) is 10.5. The van der Waals surface area contributed by atoms with E-state index in [1.807, 2.05) is 11.0 Å². The molecule has 1 aromatic rings. The van der Waals surface area contributed by atoms with Crippen molar-refractivity contribution in [2.75, 3.05) is 26.3 Å². The maximum atomic E-state index is 12.6. The molecule has 0 unspecified atom stereocenters. The second-order valence-corrected chi connectivity index (χ2v) is 7.33. The Kier molecular flexibility index (Phi) is 6.32. The van der Waals surface area contributed by atoms with Crippen molar-refractivity contribution in [3.8, 4) is 0 Å². The van der Waals surface area contributed by atoms with E-state index in [-0.39, 0.29) is 24.1 Å². The van der Waals surface area contributed by atoms with Gasteiger partial charge in [0.1, 0.15) is 0 Å². The molecule has 0 saturated carbocycles. The molecule has 2 amide bonds. The Bertz CT molecular complexity index is 551. The van der Waals surface area contributed by atoms with Crippen molar-refractivity contribution >= 4 is 6.03 Å². The second kappa shape index (κ2) is 8.68. The first kappa shape index (κ1) is 18.2. The van der Waals surface area contributed by atoms with Gasteiger partial charge in [0.25, 0.3) is 0 Å². The minimum Gasteiger partial charge on any atom is -0.393 e. The van der Waals surface area contributed by atoms with Crippen LogP contribution in [0.3, 0.4) is 0 Å². The summed E-state index contributed by atoms with van der Waals surface area (Å²) in [5.41, 5.74) is 1.30. The Labute approximate surface area is 150 Å². The highest BCUT2D eigenvalue weighted by Gasteiger charge is 2.39.